The first-order valence-corrected chi connectivity index (χ1v) is 12.1. The average Bonchev–Trinajstić information content (AvgIpc) is 3.14. The summed E-state index contributed by atoms with van der Waals surface area (Å²) in [5, 5.41) is 11.2. The molecule has 2 saturated heterocycles. The van der Waals surface area contributed by atoms with Crippen LogP contribution in [0.2, 0.25) is 0 Å². The Kier molecular flexibility index (Phi) is 6.26. The van der Waals surface area contributed by atoms with Gasteiger partial charge >= 0.3 is 6.09 Å². The summed E-state index contributed by atoms with van der Waals surface area (Å²) in [7, 11) is 0. The second-order valence-corrected chi connectivity index (χ2v) is 9.72. The largest absolute Gasteiger partial charge is 0.448 e. The van der Waals surface area contributed by atoms with Crippen LogP contribution in [0.1, 0.15) is 55.6 Å². The minimum atomic E-state index is -0.736. The van der Waals surface area contributed by atoms with Crippen molar-refractivity contribution in [3.05, 3.63) is 72.3 Å². The van der Waals surface area contributed by atoms with Gasteiger partial charge < -0.3 is 14.6 Å². The molecule has 2 bridgehead atoms. The standard InChI is InChI=1S/C28H33NO4/c1-2-3-4-9-14-28(31)15-20-17-32-18-21(16-28)29(20)27(30)33-19-26-24-12-7-5-10-22(24)23-11-6-8-13-25(23)26/h2,5-8,10-13,20-21,26,31H,1,3-4,9,14-19H2. The summed E-state index contributed by atoms with van der Waals surface area (Å²) in [5.74, 6) is 0.0454. The molecule has 0 aromatic heterocycles. The number of carbonyl (C=O) groups excluding carboxylic acids is 1. The van der Waals surface area contributed by atoms with E-state index < -0.39 is 5.60 Å². The number of hydrogen-bond acceptors (Lipinski definition) is 4. The summed E-state index contributed by atoms with van der Waals surface area (Å²) in [5.41, 5.74) is 4.13. The van der Waals surface area contributed by atoms with Gasteiger partial charge in [0.25, 0.3) is 0 Å². The molecule has 5 heteroatoms. The van der Waals surface area contributed by atoms with Gasteiger partial charge in [0, 0.05) is 5.92 Å². The van der Waals surface area contributed by atoms with Crippen LogP contribution in [-0.2, 0) is 9.47 Å². The Hall–Kier alpha value is -2.63. The fourth-order valence-corrected chi connectivity index (χ4v) is 5.99. The van der Waals surface area contributed by atoms with Gasteiger partial charge in [-0.05, 0) is 54.4 Å². The zero-order valence-corrected chi connectivity index (χ0v) is 19.1. The van der Waals surface area contributed by atoms with Crippen molar-refractivity contribution < 1.29 is 19.4 Å². The molecule has 2 fully saturated rings. The van der Waals surface area contributed by atoms with E-state index in [4.69, 9.17) is 9.47 Å². The quantitative estimate of drug-likeness (QED) is 0.464. The van der Waals surface area contributed by atoms with E-state index in [-0.39, 0.29) is 24.1 Å². The first-order valence-electron chi connectivity index (χ1n) is 12.1. The molecule has 2 aromatic carbocycles. The van der Waals surface area contributed by atoms with Crippen LogP contribution in [0.15, 0.2) is 61.2 Å². The molecule has 0 spiro atoms. The lowest BCUT2D eigenvalue weighted by atomic mass is 9.78. The molecular weight excluding hydrogens is 414 g/mol. The van der Waals surface area contributed by atoms with Crippen molar-refractivity contribution >= 4 is 6.09 Å². The molecule has 1 N–H and O–H groups in total. The first kappa shape index (κ1) is 22.2. The van der Waals surface area contributed by atoms with Gasteiger partial charge in [0.2, 0.25) is 0 Å². The Labute approximate surface area is 196 Å². The van der Waals surface area contributed by atoms with Gasteiger partial charge in [0.15, 0.2) is 0 Å². The zero-order valence-electron chi connectivity index (χ0n) is 19.1. The molecule has 5 rings (SSSR count). The van der Waals surface area contributed by atoms with Crippen LogP contribution in [0.4, 0.5) is 4.79 Å². The molecule has 2 aromatic rings. The summed E-state index contributed by atoms with van der Waals surface area (Å²) in [6.45, 7) is 5.00. The van der Waals surface area contributed by atoms with Gasteiger partial charge in [-0.1, -0.05) is 61.0 Å². The summed E-state index contributed by atoms with van der Waals surface area (Å²) in [6.07, 6.45) is 6.45. The van der Waals surface area contributed by atoms with Crippen LogP contribution in [0.25, 0.3) is 11.1 Å². The topological polar surface area (TPSA) is 59.0 Å². The molecule has 33 heavy (non-hydrogen) atoms. The van der Waals surface area contributed by atoms with E-state index >= 15 is 0 Å². The van der Waals surface area contributed by atoms with E-state index in [0.29, 0.717) is 32.7 Å². The molecule has 0 saturated carbocycles. The Bertz CT molecular complexity index is 959. The minimum Gasteiger partial charge on any atom is -0.448 e. The number of allylic oxidation sites excluding steroid dienone is 1. The highest BCUT2D eigenvalue weighted by atomic mass is 16.6. The van der Waals surface area contributed by atoms with Crippen LogP contribution in [0, 0.1) is 0 Å². The van der Waals surface area contributed by atoms with Crippen molar-refractivity contribution in [1.82, 2.24) is 4.90 Å². The molecule has 2 heterocycles. The third-order valence-corrected chi connectivity index (χ3v) is 7.49. The Morgan fingerprint density at radius 2 is 1.67 bits per heavy atom. The molecule has 2 atom stereocenters. The van der Waals surface area contributed by atoms with Crippen molar-refractivity contribution in [3.63, 3.8) is 0 Å². The number of ether oxygens (including phenoxy) is 2. The van der Waals surface area contributed by atoms with E-state index in [1.54, 1.807) is 0 Å². The normalized spacial score (nSPS) is 25.9. The third kappa shape index (κ3) is 4.32. The van der Waals surface area contributed by atoms with Crippen molar-refractivity contribution in [2.75, 3.05) is 19.8 Å². The van der Waals surface area contributed by atoms with Crippen molar-refractivity contribution in [1.29, 1.82) is 0 Å². The maximum Gasteiger partial charge on any atom is 0.410 e. The minimum absolute atomic E-state index is 0.0454. The van der Waals surface area contributed by atoms with Crippen LogP contribution < -0.4 is 0 Å². The van der Waals surface area contributed by atoms with E-state index in [0.717, 1.165) is 25.7 Å². The Balaban J connectivity index is 1.26. The number of aliphatic hydroxyl groups is 1. The fourth-order valence-electron chi connectivity index (χ4n) is 5.99. The average molecular weight is 448 g/mol. The zero-order chi connectivity index (χ0) is 22.8. The van der Waals surface area contributed by atoms with Gasteiger partial charge in [0.05, 0.1) is 30.9 Å². The predicted octanol–water partition coefficient (Wildman–Crippen LogP) is 5.28. The first-order chi connectivity index (χ1) is 16.1. The molecule has 0 radical (unpaired) electrons. The molecular formula is C28H33NO4. The second-order valence-electron chi connectivity index (χ2n) is 9.72. The molecule has 1 amide bonds. The monoisotopic (exact) mass is 447 g/mol. The number of piperidine rings is 1. The lowest BCUT2D eigenvalue weighted by Crippen LogP contribution is -2.63. The Morgan fingerprint density at radius 3 is 2.27 bits per heavy atom. The molecule has 5 nitrogen and oxygen atoms in total. The van der Waals surface area contributed by atoms with Crippen molar-refractivity contribution in [2.45, 2.75) is 62.1 Å². The van der Waals surface area contributed by atoms with Crippen LogP contribution >= 0.6 is 0 Å². The SMILES string of the molecule is C=CCCCCC1(O)CC2COCC(C1)N2C(=O)OCC1c2ccccc2-c2ccccc21. The maximum absolute atomic E-state index is 13.3. The highest BCUT2D eigenvalue weighted by Gasteiger charge is 2.48. The number of morpholine rings is 1. The lowest BCUT2D eigenvalue weighted by Gasteiger charge is -2.51. The van der Waals surface area contributed by atoms with Gasteiger partial charge in [0.1, 0.15) is 6.61 Å². The van der Waals surface area contributed by atoms with Gasteiger partial charge in [-0.2, -0.15) is 0 Å². The van der Waals surface area contributed by atoms with E-state index in [2.05, 4.69) is 43.0 Å². The number of unbranched alkanes of at least 4 members (excludes halogenated alkanes) is 2. The molecule has 1 aliphatic carbocycles. The second kappa shape index (κ2) is 9.32. The van der Waals surface area contributed by atoms with Crippen LogP contribution in [0.3, 0.4) is 0 Å². The van der Waals surface area contributed by atoms with Crippen LogP contribution in [-0.4, -0.2) is 53.6 Å². The number of nitrogens with zero attached hydrogens (tertiary/aromatic N) is 1. The van der Waals surface area contributed by atoms with Gasteiger partial charge in [-0.15, -0.1) is 6.58 Å². The summed E-state index contributed by atoms with van der Waals surface area (Å²) in [4.78, 5) is 15.1. The fraction of sp³-hybridized carbons (Fsp3) is 0.464. The van der Waals surface area contributed by atoms with E-state index in [1.807, 2.05) is 23.1 Å². The maximum atomic E-state index is 13.3. The molecule has 174 valence electrons. The molecule has 3 aliphatic rings. The number of rotatable bonds is 7. The number of carbonyl (C=O) groups is 1. The Morgan fingerprint density at radius 1 is 1.06 bits per heavy atom. The third-order valence-electron chi connectivity index (χ3n) is 7.49. The molecule has 2 unspecified atom stereocenters. The summed E-state index contributed by atoms with van der Waals surface area (Å²) >= 11 is 0. The number of fused-ring (bicyclic) bond motifs is 5. The summed E-state index contributed by atoms with van der Waals surface area (Å²) < 4.78 is 11.7. The van der Waals surface area contributed by atoms with Gasteiger partial charge in [-0.25, -0.2) is 4.79 Å². The number of benzene rings is 2. The molecule has 2 aliphatic heterocycles. The van der Waals surface area contributed by atoms with E-state index in [1.165, 1.54) is 22.3 Å². The van der Waals surface area contributed by atoms with Crippen LogP contribution in [0.5, 0.6) is 0 Å². The lowest BCUT2D eigenvalue weighted by molar-refractivity contribution is -0.135. The number of amides is 1. The highest BCUT2D eigenvalue weighted by Crippen LogP contribution is 2.45. The summed E-state index contributed by atoms with van der Waals surface area (Å²) in [6, 6.07) is 16.4. The highest BCUT2D eigenvalue weighted by molar-refractivity contribution is 5.79. The predicted molar refractivity (Wildman–Crippen MR) is 128 cm³/mol. The van der Waals surface area contributed by atoms with Crippen molar-refractivity contribution in [2.24, 2.45) is 0 Å². The number of hydrogen-bond donors (Lipinski definition) is 1. The van der Waals surface area contributed by atoms with Gasteiger partial charge in [-0.3, -0.25) is 4.90 Å². The smallest absolute Gasteiger partial charge is 0.410 e. The van der Waals surface area contributed by atoms with E-state index in [9.17, 15) is 9.90 Å². The van der Waals surface area contributed by atoms with Crippen molar-refractivity contribution in [3.8, 4) is 11.1 Å².